The minimum atomic E-state index is -2.11. The Morgan fingerprint density at radius 1 is 0.927 bits per heavy atom. The molecule has 0 amide bonds. The number of benzene rings is 3. The molecule has 1 aliphatic heterocycles. The molecule has 1 aliphatic rings. The van der Waals surface area contributed by atoms with Crippen molar-refractivity contribution in [3.63, 3.8) is 0 Å². The first-order chi connectivity index (χ1) is 19.9. The number of aromatic nitrogens is 1. The monoisotopic (exact) mass is 583 g/mol. The van der Waals surface area contributed by atoms with E-state index in [1.54, 1.807) is 25.4 Å². The Balaban J connectivity index is 1.28. The van der Waals surface area contributed by atoms with E-state index in [1.165, 1.54) is 25.3 Å². The van der Waals surface area contributed by atoms with E-state index in [2.05, 4.69) is 14.6 Å². The highest BCUT2D eigenvalue weighted by Crippen LogP contribution is 2.34. The molecule has 1 unspecified atom stereocenters. The number of piperidine rings is 1. The third-order valence-corrected chi connectivity index (χ3v) is 8.31. The van der Waals surface area contributed by atoms with Crippen molar-refractivity contribution in [2.45, 2.75) is 37.0 Å². The Morgan fingerprint density at radius 2 is 1.76 bits per heavy atom. The molecule has 2 heterocycles. The van der Waals surface area contributed by atoms with Crippen molar-refractivity contribution in [1.82, 2.24) is 9.88 Å². The van der Waals surface area contributed by atoms with Gasteiger partial charge >= 0.3 is 0 Å². The quantitative estimate of drug-likeness (QED) is 0.201. The number of methoxy groups -OCH3 is 1. The van der Waals surface area contributed by atoms with E-state index in [0.717, 1.165) is 55.2 Å². The fourth-order valence-corrected chi connectivity index (χ4v) is 5.95. The van der Waals surface area contributed by atoms with Crippen LogP contribution >= 0.6 is 0 Å². The van der Waals surface area contributed by atoms with Crippen LogP contribution in [-0.4, -0.2) is 47.4 Å². The molecule has 0 spiro atoms. The van der Waals surface area contributed by atoms with E-state index >= 15 is 4.39 Å². The highest BCUT2D eigenvalue weighted by atomic mass is 32.2. The third-order valence-electron chi connectivity index (χ3n) is 7.18. The van der Waals surface area contributed by atoms with Crippen molar-refractivity contribution in [1.29, 1.82) is 0 Å². The lowest BCUT2D eigenvalue weighted by atomic mass is 10.00. The summed E-state index contributed by atoms with van der Waals surface area (Å²) < 4.78 is 69.3. The number of anilines is 1. The molecule has 0 radical (unpaired) electrons. The lowest BCUT2D eigenvalue weighted by molar-refractivity contribution is 0.203. The molecule has 1 atom stereocenters. The molecule has 0 saturated carbocycles. The van der Waals surface area contributed by atoms with Gasteiger partial charge in [0.1, 0.15) is 17.5 Å². The molecule has 0 aliphatic carbocycles. The van der Waals surface area contributed by atoms with Gasteiger partial charge in [-0.05, 0) is 85.9 Å². The maximum absolute atomic E-state index is 15.1. The number of nitrogens with one attached hydrogen (secondary N) is 1. The average Bonchev–Trinajstić information content (AvgIpc) is 2.98. The van der Waals surface area contributed by atoms with Crippen LogP contribution in [0.25, 0.3) is 10.9 Å². The first kappa shape index (κ1) is 28.9. The molecule has 1 fully saturated rings. The van der Waals surface area contributed by atoms with E-state index in [0.29, 0.717) is 29.2 Å². The van der Waals surface area contributed by atoms with Crippen LogP contribution in [0.15, 0.2) is 65.7 Å². The summed E-state index contributed by atoms with van der Waals surface area (Å²) in [6.45, 7) is 3.89. The molecule has 3 aromatic carbocycles. The summed E-state index contributed by atoms with van der Waals surface area (Å²) in [6.07, 6.45) is 6.70. The van der Waals surface area contributed by atoms with Gasteiger partial charge in [0.2, 0.25) is 0 Å². The number of fused-ring (bicyclic) bond motifs is 1. The summed E-state index contributed by atoms with van der Waals surface area (Å²) in [5.74, 6) is -0.868. The Bertz CT molecular complexity index is 1550. The molecule has 1 saturated heterocycles. The van der Waals surface area contributed by atoms with Crippen LogP contribution in [-0.2, 0) is 17.4 Å². The third kappa shape index (κ3) is 7.18. The summed E-state index contributed by atoms with van der Waals surface area (Å²) in [4.78, 5) is 6.62. The number of rotatable bonds is 11. The van der Waals surface area contributed by atoms with Crippen molar-refractivity contribution >= 4 is 27.6 Å². The van der Waals surface area contributed by atoms with Crippen molar-refractivity contribution in [2.24, 2.45) is 0 Å². The van der Waals surface area contributed by atoms with Gasteiger partial charge in [-0.1, -0.05) is 12.5 Å². The molecule has 41 heavy (non-hydrogen) atoms. The van der Waals surface area contributed by atoms with Gasteiger partial charge < -0.3 is 19.1 Å². The normalized spacial score (nSPS) is 14.6. The van der Waals surface area contributed by atoms with Crippen molar-refractivity contribution in [2.75, 3.05) is 38.1 Å². The van der Waals surface area contributed by atoms with Crippen LogP contribution < -0.4 is 14.2 Å². The lowest BCUT2D eigenvalue weighted by Gasteiger charge is -2.26. The van der Waals surface area contributed by atoms with Gasteiger partial charge in [0.05, 0.1) is 24.1 Å². The predicted octanol–water partition coefficient (Wildman–Crippen LogP) is 6.64. The summed E-state index contributed by atoms with van der Waals surface area (Å²) in [5.41, 5.74) is 2.13. The summed E-state index contributed by atoms with van der Waals surface area (Å²) in [5, 5.41) is 0.814. The van der Waals surface area contributed by atoms with Gasteiger partial charge in [-0.25, -0.2) is 17.4 Å². The Kier molecular flexibility index (Phi) is 9.41. The van der Waals surface area contributed by atoms with Gasteiger partial charge in [-0.15, -0.1) is 0 Å². The smallest absolute Gasteiger partial charge is 0.163 e. The van der Waals surface area contributed by atoms with E-state index in [4.69, 9.17) is 9.47 Å². The first-order valence-corrected chi connectivity index (χ1v) is 14.8. The molecule has 6 nitrogen and oxygen atoms in total. The standard InChI is InChI=1S/C31H32F3N3O3S/c1-39-29-19-25-21(10-11-35-28(25)20-30(29)40-15-5-14-37-12-3-2-4-13-37)16-22-6-8-24(18-27(22)34)36-41(38)31-17-23(32)7-9-26(31)33/h6-11,17-20,36H,2-5,12-16H2,1H3. The zero-order valence-electron chi connectivity index (χ0n) is 22.8. The highest BCUT2D eigenvalue weighted by Gasteiger charge is 2.16. The first-order valence-electron chi connectivity index (χ1n) is 13.6. The second kappa shape index (κ2) is 13.4. The van der Waals surface area contributed by atoms with Crippen LogP contribution in [0.2, 0.25) is 0 Å². The van der Waals surface area contributed by atoms with Crippen molar-refractivity contribution < 1.29 is 26.9 Å². The Hall–Kier alpha value is -3.63. The van der Waals surface area contributed by atoms with E-state index in [9.17, 15) is 13.0 Å². The number of nitrogens with zero attached hydrogens (tertiary/aromatic N) is 2. The van der Waals surface area contributed by atoms with Crippen LogP contribution in [0.3, 0.4) is 0 Å². The summed E-state index contributed by atoms with van der Waals surface area (Å²) >= 11 is 0. The largest absolute Gasteiger partial charge is 0.493 e. The van der Waals surface area contributed by atoms with E-state index in [1.807, 2.05) is 18.2 Å². The molecular weight excluding hydrogens is 551 g/mol. The Labute approximate surface area is 240 Å². The molecule has 10 heteroatoms. The number of ether oxygens (including phenoxy) is 2. The minimum absolute atomic E-state index is 0.177. The zero-order valence-corrected chi connectivity index (χ0v) is 23.6. The predicted molar refractivity (Wildman–Crippen MR) is 154 cm³/mol. The molecule has 1 N–H and O–H groups in total. The maximum atomic E-state index is 15.1. The van der Waals surface area contributed by atoms with Crippen LogP contribution in [0.5, 0.6) is 11.5 Å². The van der Waals surface area contributed by atoms with Gasteiger partial charge in [0.15, 0.2) is 22.5 Å². The van der Waals surface area contributed by atoms with Crippen LogP contribution in [0.1, 0.15) is 36.8 Å². The Morgan fingerprint density at radius 3 is 2.54 bits per heavy atom. The molecular formula is C31H32F3N3O3S. The zero-order chi connectivity index (χ0) is 28.8. The number of pyridine rings is 1. The van der Waals surface area contributed by atoms with E-state index < -0.39 is 28.4 Å². The maximum Gasteiger partial charge on any atom is 0.163 e. The minimum Gasteiger partial charge on any atom is -0.493 e. The molecule has 1 aromatic heterocycles. The van der Waals surface area contributed by atoms with Crippen LogP contribution in [0, 0.1) is 17.5 Å². The van der Waals surface area contributed by atoms with Crippen molar-refractivity contribution in [3.05, 3.63) is 89.4 Å². The SMILES string of the molecule is COc1cc2c(Cc3ccc(NS(=O)c4cc(F)ccc4F)cc3F)ccnc2cc1OCCCN1CCCCC1. The molecule has 0 bridgehead atoms. The van der Waals surface area contributed by atoms with Gasteiger partial charge in [0.25, 0.3) is 0 Å². The van der Waals surface area contributed by atoms with Gasteiger partial charge in [0, 0.05) is 36.3 Å². The number of halogens is 3. The van der Waals surface area contributed by atoms with Crippen LogP contribution in [0.4, 0.5) is 18.9 Å². The second-order valence-corrected chi connectivity index (χ2v) is 11.2. The fourth-order valence-electron chi connectivity index (χ4n) is 5.03. The lowest BCUT2D eigenvalue weighted by Crippen LogP contribution is -2.31. The van der Waals surface area contributed by atoms with Gasteiger partial charge in [-0.3, -0.25) is 4.98 Å². The number of hydrogen-bond acceptors (Lipinski definition) is 5. The van der Waals surface area contributed by atoms with Gasteiger partial charge in [-0.2, -0.15) is 0 Å². The second-order valence-electron chi connectivity index (χ2n) is 10.0. The topological polar surface area (TPSA) is 63.7 Å². The molecule has 4 aromatic rings. The van der Waals surface area contributed by atoms with Crippen molar-refractivity contribution in [3.8, 4) is 11.5 Å². The summed E-state index contributed by atoms with van der Waals surface area (Å²) in [7, 11) is -0.521. The van der Waals surface area contributed by atoms with E-state index in [-0.39, 0.29) is 17.0 Å². The average molecular weight is 584 g/mol. The fraction of sp³-hybridized carbons (Fsp3) is 0.323. The highest BCUT2D eigenvalue weighted by molar-refractivity contribution is 7.86. The molecule has 216 valence electrons. The number of hydrogen-bond donors (Lipinski definition) is 1. The molecule has 5 rings (SSSR count). The number of likely N-dealkylation sites (tertiary alicyclic amines) is 1. The summed E-state index contributed by atoms with van der Waals surface area (Å²) in [6, 6.07) is 12.5.